The smallest absolute Gasteiger partial charge is 0.303 e. The van der Waals surface area contributed by atoms with Crippen molar-refractivity contribution in [1.82, 2.24) is 9.88 Å². The van der Waals surface area contributed by atoms with E-state index in [-0.39, 0.29) is 18.7 Å². The Kier molecular flexibility index (Phi) is 6.79. The fourth-order valence-corrected chi connectivity index (χ4v) is 3.07. The molecule has 29 heavy (non-hydrogen) atoms. The molecule has 2 aromatic carbocycles. The maximum absolute atomic E-state index is 13.0. The number of hydrogen-bond donors (Lipinski definition) is 1. The molecule has 1 aromatic heterocycles. The number of aliphatic carboxylic acids is 1. The summed E-state index contributed by atoms with van der Waals surface area (Å²) in [5.41, 5.74) is 2.46. The quantitative estimate of drug-likeness (QED) is 0.593. The topological polar surface area (TPSA) is 83.6 Å². The van der Waals surface area contributed by atoms with Crippen LogP contribution in [0.5, 0.6) is 0 Å². The molecule has 6 nitrogen and oxygen atoms in total. The number of amides is 1. The van der Waals surface area contributed by atoms with E-state index >= 15 is 0 Å². The summed E-state index contributed by atoms with van der Waals surface area (Å²) in [5, 5.41) is 8.91. The third kappa shape index (κ3) is 5.78. The molecular weight excluding hydrogens is 368 g/mol. The summed E-state index contributed by atoms with van der Waals surface area (Å²) in [6.07, 6.45) is 0.544. The minimum Gasteiger partial charge on any atom is -0.481 e. The van der Waals surface area contributed by atoms with Crippen LogP contribution in [0, 0.1) is 6.92 Å². The van der Waals surface area contributed by atoms with Crippen molar-refractivity contribution < 1.29 is 19.1 Å². The number of carboxylic acid groups (broad SMARTS) is 1. The highest BCUT2D eigenvalue weighted by atomic mass is 16.4. The number of nitrogens with zero attached hydrogens (tertiary/aromatic N) is 2. The lowest BCUT2D eigenvalue weighted by Gasteiger charge is -2.22. The fourth-order valence-electron chi connectivity index (χ4n) is 3.07. The SMILES string of the molecule is Cc1oc(-c2ccccc2)nc1CC(=O)N(CCCC(=O)O)Cc1ccccc1. The highest BCUT2D eigenvalue weighted by Gasteiger charge is 2.19. The fraction of sp³-hybridized carbons (Fsp3) is 0.261. The molecule has 0 radical (unpaired) electrons. The van der Waals surface area contributed by atoms with Crippen molar-refractivity contribution in [2.24, 2.45) is 0 Å². The molecule has 0 spiro atoms. The zero-order valence-corrected chi connectivity index (χ0v) is 16.4. The molecular formula is C23H24N2O4. The first-order valence-electron chi connectivity index (χ1n) is 9.58. The van der Waals surface area contributed by atoms with Crippen LogP contribution in [-0.2, 0) is 22.6 Å². The van der Waals surface area contributed by atoms with E-state index in [1.807, 2.05) is 60.7 Å². The lowest BCUT2D eigenvalue weighted by Crippen LogP contribution is -2.33. The first-order chi connectivity index (χ1) is 14.0. The molecule has 1 amide bonds. The Hall–Kier alpha value is -3.41. The van der Waals surface area contributed by atoms with Gasteiger partial charge in [0.2, 0.25) is 11.8 Å². The maximum Gasteiger partial charge on any atom is 0.303 e. The van der Waals surface area contributed by atoms with Gasteiger partial charge in [-0.3, -0.25) is 9.59 Å². The number of hydrogen-bond acceptors (Lipinski definition) is 4. The molecule has 0 aliphatic rings. The zero-order chi connectivity index (χ0) is 20.6. The van der Waals surface area contributed by atoms with Gasteiger partial charge in [0, 0.05) is 25.1 Å². The molecule has 0 saturated carbocycles. The zero-order valence-electron chi connectivity index (χ0n) is 16.4. The van der Waals surface area contributed by atoms with Gasteiger partial charge in [0.1, 0.15) is 5.76 Å². The summed E-state index contributed by atoms with van der Waals surface area (Å²) in [5.74, 6) is 0.140. The van der Waals surface area contributed by atoms with Crippen LogP contribution in [0.1, 0.15) is 29.9 Å². The molecule has 0 unspecified atom stereocenters. The van der Waals surface area contributed by atoms with Crippen molar-refractivity contribution in [2.45, 2.75) is 32.7 Å². The van der Waals surface area contributed by atoms with Crippen LogP contribution in [0.3, 0.4) is 0 Å². The number of rotatable bonds is 9. The second kappa shape index (κ2) is 9.68. The second-order valence-electron chi connectivity index (χ2n) is 6.86. The van der Waals surface area contributed by atoms with Crippen LogP contribution in [0.25, 0.3) is 11.5 Å². The summed E-state index contributed by atoms with van der Waals surface area (Å²) in [6, 6.07) is 19.2. The lowest BCUT2D eigenvalue weighted by atomic mass is 10.1. The second-order valence-corrected chi connectivity index (χ2v) is 6.86. The maximum atomic E-state index is 13.0. The van der Waals surface area contributed by atoms with Gasteiger partial charge in [0.05, 0.1) is 12.1 Å². The Labute approximate surface area is 169 Å². The number of carbonyl (C=O) groups excluding carboxylic acids is 1. The summed E-state index contributed by atoms with van der Waals surface area (Å²) < 4.78 is 5.75. The summed E-state index contributed by atoms with van der Waals surface area (Å²) in [4.78, 5) is 30.0. The van der Waals surface area contributed by atoms with Crippen molar-refractivity contribution >= 4 is 11.9 Å². The van der Waals surface area contributed by atoms with Gasteiger partial charge in [-0.1, -0.05) is 48.5 Å². The average Bonchev–Trinajstić information content (AvgIpc) is 3.09. The molecule has 3 aromatic rings. The van der Waals surface area contributed by atoms with Gasteiger partial charge >= 0.3 is 5.97 Å². The molecule has 150 valence electrons. The van der Waals surface area contributed by atoms with Crippen LogP contribution in [0.2, 0.25) is 0 Å². The summed E-state index contributed by atoms with van der Waals surface area (Å²) in [7, 11) is 0. The van der Waals surface area contributed by atoms with Crippen LogP contribution in [0.4, 0.5) is 0 Å². The minimum atomic E-state index is -0.864. The monoisotopic (exact) mass is 392 g/mol. The van der Waals surface area contributed by atoms with Gasteiger partial charge in [-0.15, -0.1) is 0 Å². The lowest BCUT2D eigenvalue weighted by molar-refractivity contribution is -0.138. The van der Waals surface area contributed by atoms with Gasteiger partial charge in [-0.25, -0.2) is 4.98 Å². The molecule has 3 rings (SSSR count). The molecule has 0 bridgehead atoms. The van der Waals surface area contributed by atoms with Crippen LogP contribution in [0.15, 0.2) is 65.1 Å². The number of aryl methyl sites for hydroxylation is 1. The van der Waals surface area contributed by atoms with Crippen molar-refractivity contribution in [1.29, 1.82) is 0 Å². The van der Waals surface area contributed by atoms with Crippen LogP contribution < -0.4 is 0 Å². The molecule has 0 atom stereocenters. The Morgan fingerprint density at radius 3 is 2.34 bits per heavy atom. The first-order valence-corrected chi connectivity index (χ1v) is 9.58. The molecule has 0 fully saturated rings. The van der Waals surface area contributed by atoms with Crippen molar-refractivity contribution in [3.8, 4) is 11.5 Å². The van der Waals surface area contributed by atoms with Crippen LogP contribution >= 0.6 is 0 Å². The standard InChI is InChI=1S/C23H24N2O4/c1-17-20(24-23(29-17)19-11-6-3-7-12-19)15-21(26)25(14-8-13-22(27)28)16-18-9-4-2-5-10-18/h2-7,9-12H,8,13-16H2,1H3,(H,27,28). The summed E-state index contributed by atoms with van der Waals surface area (Å²) >= 11 is 0. The van der Waals surface area contributed by atoms with E-state index in [9.17, 15) is 9.59 Å². The number of carboxylic acids is 1. The Bertz CT molecular complexity index is 952. The van der Waals surface area contributed by atoms with E-state index in [1.165, 1.54) is 0 Å². The van der Waals surface area contributed by atoms with Gasteiger partial charge in [-0.2, -0.15) is 0 Å². The minimum absolute atomic E-state index is 0.0275. The van der Waals surface area contributed by atoms with E-state index in [2.05, 4.69) is 4.98 Å². The van der Waals surface area contributed by atoms with Crippen molar-refractivity contribution in [3.05, 3.63) is 77.7 Å². The van der Waals surface area contributed by atoms with Crippen molar-refractivity contribution in [3.63, 3.8) is 0 Å². The molecule has 6 heteroatoms. The van der Waals surface area contributed by atoms with Crippen molar-refractivity contribution in [2.75, 3.05) is 6.54 Å². The third-order valence-corrected chi connectivity index (χ3v) is 4.62. The molecule has 1 heterocycles. The molecule has 1 N–H and O–H groups in total. The highest BCUT2D eigenvalue weighted by molar-refractivity contribution is 5.79. The van der Waals surface area contributed by atoms with Gasteiger partial charge in [0.25, 0.3) is 0 Å². The van der Waals surface area contributed by atoms with E-state index in [4.69, 9.17) is 9.52 Å². The van der Waals surface area contributed by atoms with E-state index in [0.29, 0.717) is 36.9 Å². The first kappa shape index (κ1) is 20.3. The van der Waals surface area contributed by atoms with E-state index in [0.717, 1.165) is 11.1 Å². The summed E-state index contributed by atoms with van der Waals surface area (Å²) in [6.45, 7) is 2.61. The predicted octanol–water partition coefficient (Wildman–Crippen LogP) is 4.09. The molecule has 0 aliphatic heterocycles. The average molecular weight is 392 g/mol. The predicted molar refractivity (Wildman–Crippen MR) is 109 cm³/mol. The number of aromatic nitrogens is 1. The molecule has 0 saturated heterocycles. The Balaban J connectivity index is 1.73. The number of benzene rings is 2. The van der Waals surface area contributed by atoms with Gasteiger partial charge in [0.15, 0.2) is 0 Å². The Morgan fingerprint density at radius 2 is 1.69 bits per heavy atom. The van der Waals surface area contributed by atoms with E-state index < -0.39 is 5.97 Å². The Morgan fingerprint density at radius 1 is 1.03 bits per heavy atom. The van der Waals surface area contributed by atoms with Crippen LogP contribution in [-0.4, -0.2) is 33.4 Å². The van der Waals surface area contributed by atoms with E-state index in [1.54, 1.807) is 11.8 Å². The van der Waals surface area contributed by atoms with Gasteiger partial charge in [-0.05, 0) is 31.0 Å². The highest BCUT2D eigenvalue weighted by Crippen LogP contribution is 2.22. The normalized spacial score (nSPS) is 10.7. The largest absolute Gasteiger partial charge is 0.481 e. The molecule has 0 aliphatic carbocycles. The number of carbonyl (C=O) groups is 2. The third-order valence-electron chi connectivity index (χ3n) is 4.62. The number of oxazole rings is 1. The van der Waals surface area contributed by atoms with Gasteiger partial charge < -0.3 is 14.4 Å².